The summed E-state index contributed by atoms with van der Waals surface area (Å²) in [6.07, 6.45) is 10.4. The van der Waals surface area contributed by atoms with Crippen molar-refractivity contribution in [1.82, 2.24) is 4.90 Å². The summed E-state index contributed by atoms with van der Waals surface area (Å²) in [4.78, 5) is 2.54. The molecule has 1 aromatic rings. The van der Waals surface area contributed by atoms with Gasteiger partial charge in [-0.3, -0.25) is 4.90 Å². The first-order chi connectivity index (χ1) is 13.9. The number of rotatable bonds is 8. The molecular formula is C25H41NO3. The van der Waals surface area contributed by atoms with Crippen molar-refractivity contribution in [3.63, 3.8) is 0 Å². The molecule has 4 heteroatoms. The summed E-state index contributed by atoms with van der Waals surface area (Å²) in [6, 6.07) is 4.38. The Bertz CT molecular complexity index is 628. The molecule has 1 saturated heterocycles. The molecular weight excluding hydrogens is 362 g/mol. The van der Waals surface area contributed by atoms with Crippen molar-refractivity contribution in [3.05, 3.63) is 23.3 Å². The second kappa shape index (κ2) is 10.2. The van der Waals surface area contributed by atoms with Crippen molar-refractivity contribution in [3.8, 4) is 11.5 Å². The second-order valence-electron chi connectivity index (χ2n) is 9.79. The van der Waals surface area contributed by atoms with Crippen molar-refractivity contribution < 1.29 is 14.9 Å². The van der Waals surface area contributed by atoms with E-state index in [1.807, 2.05) is 12.1 Å². The first kappa shape index (κ1) is 22.4. The van der Waals surface area contributed by atoms with Crippen LogP contribution >= 0.6 is 0 Å². The van der Waals surface area contributed by atoms with Gasteiger partial charge in [0.15, 0.2) is 0 Å². The number of ether oxygens (including phenoxy) is 1. The Labute approximate surface area is 177 Å². The fourth-order valence-corrected chi connectivity index (χ4v) is 5.27. The number of hydrogen-bond acceptors (Lipinski definition) is 4. The van der Waals surface area contributed by atoms with E-state index in [2.05, 4.69) is 25.7 Å². The van der Waals surface area contributed by atoms with Gasteiger partial charge in [-0.1, -0.05) is 52.9 Å². The van der Waals surface area contributed by atoms with E-state index in [1.165, 1.54) is 32.1 Å². The average molecular weight is 404 g/mol. The van der Waals surface area contributed by atoms with Gasteiger partial charge < -0.3 is 14.9 Å². The molecule has 0 bridgehead atoms. The van der Waals surface area contributed by atoms with Gasteiger partial charge in [0, 0.05) is 24.7 Å². The van der Waals surface area contributed by atoms with Crippen LogP contribution in [0.1, 0.15) is 95.6 Å². The van der Waals surface area contributed by atoms with Gasteiger partial charge in [-0.15, -0.1) is 0 Å². The molecule has 3 rings (SSSR count). The second-order valence-corrected chi connectivity index (χ2v) is 9.79. The van der Waals surface area contributed by atoms with Gasteiger partial charge in [-0.05, 0) is 54.7 Å². The minimum atomic E-state index is -0.0376. The molecule has 2 aliphatic rings. The van der Waals surface area contributed by atoms with Crippen molar-refractivity contribution in [2.45, 2.75) is 95.9 Å². The molecule has 1 saturated carbocycles. The fraction of sp³-hybridized carbons (Fsp3) is 0.760. The summed E-state index contributed by atoms with van der Waals surface area (Å²) >= 11 is 0. The predicted molar refractivity (Wildman–Crippen MR) is 119 cm³/mol. The lowest BCUT2D eigenvalue weighted by Gasteiger charge is -2.39. The summed E-state index contributed by atoms with van der Waals surface area (Å²) in [7, 11) is 0. The molecule has 2 fully saturated rings. The monoisotopic (exact) mass is 403 g/mol. The van der Waals surface area contributed by atoms with Crippen LogP contribution in [-0.2, 0) is 10.2 Å². The molecule has 1 aliphatic heterocycles. The first-order valence-corrected chi connectivity index (χ1v) is 11.8. The number of aromatic hydroxyl groups is 2. The maximum absolute atomic E-state index is 10.9. The third kappa shape index (κ3) is 5.67. The molecule has 2 N–H and O–H groups in total. The number of phenols is 2. The highest BCUT2D eigenvalue weighted by Gasteiger charge is 2.32. The van der Waals surface area contributed by atoms with Crippen molar-refractivity contribution in [2.24, 2.45) is 0 Å². The van der Waals surface area contributed by atoms with E-state index in [4.69, 9.17) is 4.74 Å². The van der Waals surface area contributed by atoms with Gasteiger partial charge in [0.1, 0.15) is 11.5 Å². The molecule has 1 aliphatic carbocycles. The Balaban J connectivity index is 1.71. The van der Waals surface area contributed by atoms with Crippen LogP contribution in [-0.4, -0.2) is 47.5 Å². The summed E-state index contributed by atoms with van der Waals surface area (Å²) < 4.78 is 5.50. The molecule has 4 nitrogen and oxygen atoms in total. The Morgan fingerprint density at radius 3 is 2.38 bits per heavy atom. The minimum Gasteiger partial charge on any atom is -0.508 e. The van der Waals surface area contributed by atoms with Crippen LogP contribution in [0.3, 0.4) is 0 Å². The average Bonchev–Trinajstić information content (AvgIpc) is 2.71. The van der Waals surface area contributed by atoms with Gasteiger partial charge in [0.05, 0.1) is 13.2 Å². The normalized spacial score (nSPS) is 24.0. The SMILES string of the molecule is CCCCCCC(C)(C)c1cc(O)c(C2CCCC(N3CCOCC3)C2)c(O)c1. The maximum Gasteiger partial charge on any atom is 0.123 e. The molecule has 0 spiro atoms. The highest BCUT2D eigenvalue weighted by atomic mass is 16.5. The van der Waals surface area contributed by atoms with E-state index in [1.54, 1.807) is 0 Å². The standard InChI is InChI=1S/C25H41NO3/c1-4-5-6-7-11-25(2,3)20-17-22(27)24(23(28)18-20)19-9-8-10-21(16-19)26-12-14-29-15-13-26/h17-19,21,27-28H,4-16H2,1-3H3. The Kier molecular flexibility index (Phi) is 7.86. The van der Waals surface area contributed by atoms with Crippen LogP contribution in [0.4, 0.5) is 0 Å². The van der Waals surface area contributed by atoms with Gasteiger partial charge in [-0.25, -0.2) is 0 Å². The third-order valence-electron chi connectivity index (χ3n) is 7.19. The lowest BCUT2D eigenvalue weighted by atomic mass is 9.76. The Morgan fingerprint density at radius 1 is 1.03 bits per heavy atom. The number of morpholine rings is 1. The topological polar surface area (TPSA) is 52.9 Å². The molecule has 29 heavy (non-hydrogen) atoms. The molecule has 0 radical (unpaired) electrons. The Hall–Kier alpha value is -1.26. The highest BCUT2D eigenvalue weighted by Crippen LogP contribution is 2.45. The maximum atomic E-state index is 10.9. The summed E-state index contributed by atoms with van der Waals surface area (Å²) in [5.74, 6) is 0.807. The molecule has 164 valence electrons. The Morgan fingerprint density at radius 2 is 1.72 bits per heavy atom. The fourth-order valence-electron chi connectivity index (χ4n) is 5.27. The molecule has 0 aromatic heterocycles. The molecule has 1 heterocycles. The lowest BCUT2D eigenvalue weighted by Crippen LogP contribution is -2.45. The minimum absolute atomic E-state index is 0.0376. The molecule has 1 aromatic carbocycles. The molecule has 2 atom stereocenters. The zero-order valence-corrected chi connectivity index (χ0v) is 18.8. The van der Waals surface area contributed by atoms with E-state index < -0.39 is 0 Å². The van der Waals surface area contributed by atoms with E-state index in [0.717, 1.165) is 63.1 Å². The summed E-state index contributed by atoms with van der Waals surface area (Å²) in [5, 5.41) is 21.8. The zero-order chi connectivity index (χ0) is 20.9. The number of hydrogen-bond donors (Lipinski definition) is 2. The largest absolute Gasteiger partial charge is 0.508 e. The highest BCUT2D eigenvalue weighted by molar-refractivity contribution is 5.50. The number of unbranched alkanes of at least 4 members (excludes halogenated alkanes) is 3. The molecule has 0 amide bonds. The van der Waals surface area contributed by atoms with E-state index in [-0.39, 0.29) is 22.8 Å². The van der Waals surface area contributed by atoms with Crippen LogP contribution in [0.5, 0.6) is 11.5 Å². The smallest absolute Gasteiger partial charge is 0.123 e. The molecule has 2 unspecified atom stereocenters. The van der Waals surface area contributed by atoms with Crippen molar-refractivity contribution >= 4 is 0 Å². The summed E-state index contributed by atoms with van der Waals surface area (Å²) in [5.41, 5.74) is 1.78. The van der Waals surface area contributed by atoms with Crippen LogP contribution in [0.25, 0.3) is 0 Å². The summed E-state index contributed by atoms with van der Waals surface area (Å²) in [6.45, 7) is 10.3. The number of benzene rings is 1. The third-order valence-corrected chi connectivity index (χ3v) is 7.19. The van der Waals surface area contributed by atoms with E-state index >= 15 is 0 Å². The van der Waals surface area contributed by atoms with Gasteiger partial charge in [0.25, 0.3) is 0 Å². The van der Waals surface area contributed by atoms with Gasteiger partial charge in [0.2, 0.25) is 0 Å². The quantitative estimate of drug-likeness (QED) is 0.546. The lowest BCUT2D eigenvalue weighted by molar-refractivity contribution is 0.00643. The van der Waals surface area contributed by atoms with Crippen molar-refractivity contribution in [2.75, 3.05) is 26.3 Å². The van der Waals surface area contributed by atoms with Crippen LogP contribution < -0.4 is 0 Å². The van der Waals surface area contributed by atoms with Gasteiger partial charge in [-0.2, -0.15) is 0 Å². The number of phenolic OH excluding ortho intramolecular Hbond substituents is 2. The van der Waals surface area contributed by atoms with Crippen LogP contribution in [0.15, 0.2) is 12.1 Å². The van der Waals surface area contributed by atoms with E-state index in [0.29, 0.717) is 6.04 Å². The number of nitrogens with zero attached hydrogens (tertiary/aromatic N) is 1. The first-order valence-electron chi connectivity index (χ1n) is 11.8. The van der Waals surface area contributed by atoms with E-state index in [9.17, 15) is 10.2 Å². The zero-order valence-electron chi connectivity index (χ0n) is 18.8. The predicted octanol–water partition coefficient (Wildman–Crippen LogP) is 5.70. The van der Waals surface area contributed by atoms with Crippen LogP contribution in [0, 0.1) is 0 Å². The van der Waals surface area contributed by atoms with Crippen molar-refractivity contribution in [1.29, 1.82) is 0 Å². The van der Waals surface area contributed by atoms with Gasteiger partial charge >= 0.3 is 0 Å². The van der Waals surface area contributed by atoms with Crippen LogP contribution in [0.2, 0.25) is 0 Å².